The summed E-state index contributed by atoms with van der Waals surface area (Å²) in [5.41, 5.74) is 0.223. The summed E-state index contributed by atoms with van der Waals surface area (Å²) >= 11 is 6.06. The van der Waals surface area contributed by atoms with Crippen molar-refractivity contribution < 1.29 is 9.50 Å². The summed E-state index contributed by atoms with van der Waals surface area (Å²) in [7, 11) is 0. The Labute approximate surface area is 116 Å². The normalized spacial score (nSPS) is 14.1. The molecule has 0 radical (unpaired) electrons. The molecule has 1 N–H and O–H groups in total. The Balaban J connectivity index is 2.36. The smallest absolute Gasteiger partial charge is 0.123 e. The summed E-state index contributed by atoms with van der Waals surface area (Å²) in [5, 5.41) is 11.3. The quantitative estimate of drug-likeness (QED) is 0.925. The summed E-state index contributed by atoms with van der Waals surface area (Å²) in [6.45, 7) is 1.86. The lowest BCUT2D eigenvalue weighted by molar-refractivity contribution is 0.0324. The Hall–Kier alpha value is -1.45. The predicted molar refractivity (Wildman–Crippen MR) is 73.5 cm³/mol. The SMILES string of the molecule is CCC(O)(Cc1ccncc1Cl)c1cccc(F)c1. The molecule has 0 bridgehead atoms. The van der Waals surface area contributed by atoms with Gasteiger partial charge in [0.15, 0.2) is 0 Å². The Bertz CT molecular complexity index is 576. The molecule has 100 valence electrons. The third-order valence-electron chi connectivity index (χ3n) is 3.29. The van der Waals surface area contributed by atoms with Gasteiger partial charge in [0.25, 0.3) is 0 Å². The van der Waals surface area contributed by atoms with Crippen LogP contribution in [0, 0.1) is 5.82 Å². The maximum Gasteiger partial charge on any atom is 0.123 e. The second-order valence-corrected chi connectivity index (χ2v) is 4.95. The van der Waals surface area contributed by atoms with E-state index < -0.39 is 5.60 Å². The molecule has 0 saturated carbocycles. The average Bonchev–Trinajstić information content (AvgIpc) is 2.41. The minimum absolute atomic E-state index is 0.328. The van der Waals surface area contributed by atoms with Crippen molar-refractivity contribution in [1.29, 1.82) is 0 Å². The monoisotopic (exact) mass is 279 g/mol. The van der Waals surface area contributed by atoms with E-state index in [2.05, 4.69) is 4.98 Å². The molecule has 1 unspecified atom stereocenters. The van der Waals surface area contributed by atoms with Crippen LogP contribution in [0.25, 0.3) is 0 Å². The highest BCUT2D eigenvalue weighted by Crippen LogP contribution is 2.31. The standard InChI is InChI=1S/C15H15ClFNO/c1-2-15(19,12-4-3-5-13(17)8-12)9-11-6-7-18-10-14(11)16/h3-8,10,19H,2,9H2,1H3. The van der Waals surface area contributed by atoms with Crippen LogP contribution in [-0.4, -0.2) is 10.1 Å². The molecule has 0 spiro atoms. The van der Waals surface area contributed by atoms with Crippen molar-refractivity contribution in [3.63, 3.8) is 0 Å². The van der Waals surface area contributed by atoms with Gasteiger partial charge in [0.2, 0.25) is 0 Å². The van der Waals surface area contributed by atoms with Gasteiger partial charge >= 0.3 is 0 Å². The fraction of sp³-hybridized carbons (Fsp3) is 0.267. The zero-order valence-corrected chi connectivity index (χ0v) is 11.4. The van der Waals surface area contributed by atoms with E-state index in [4.69, 9.17) is 11.6 Å². The zero-order chi connectivity index (χ0) is 13.9. The number of halogens is 2. The number of hydrogen-bond acceptors (Lipinski definition) is 2. The van der Waals surface area contributed by atoms with Gasteiger partial charge in [0.05, 0.1) is 10.6 Å². The Kier molecular flexibility index (Phi) is 4.17. The molecular weight excluding hydrogens is 265 g/mol. The molecule has 0 aliphatic heterocycles. The van der Waals surface area contributed by atoms with Crippen LogP contribution < -0.4 is 0 Å². The van der Waals surface area contributed by atoms with E-state index >= 15 is 0 Å². The summed E-state index contributed by atoms with van der Waals surface area (Å²) in [6.07, 6.45) is 3.96. The number of aliphatic hydroxyl groups is 1. The van der Waals surface area contributed by atoms with Crippen molar-refractivity contribution in [2.45, 2.75) is 25.4 Å². The molecule has 0 aliphatic carbocycles. The minimum atomic E-state index is -1.13. The first-order valence-corrected chi connectivity index (χ1v) is 6.50. The summed E-state index contributed by atoms with van der Waals surface area (Å²) in [5.74, 6) is -0.356. The molecule has 19 heavy (non-hydrogen) atoms. The highest BCUT2D eigenvalue weighted by molar-refractivity contribution is 6.31. The van der Waals surface area contributed by atoms with Gasteiger partial charge in [-0.2, -0.15) is 0 Å². The molecule has 2 aromatic rings. The summed E-state index contributed by atoms with van der Waals surface area (Å²) in [4.78, 5) is 3.91. The molecule has 2 nitrogen and oxygen atoms in total. The number of aromatic nitrogens is 1. The second kappa shape index (κ2) is 5.68. The maximum atomic E-state index is 13.3. The van der Waals surface area contributed by atoms with Crippen LogP contribution in [0.3, 0.4) is 0 Å². The van der Waals surface area contributed by atoms with E-state index in [0.717, 1.165) is 5.56 Å². The van der Waals surface area contributed by atoms with E-state index in [1.807, 2.05) is 6.92 Å². The van der Waals surface area contributed by atoms with Crippen LogP contribution in [-0.2, 0) is 12.0 Å². The average molecular weight is 280 g/mol. The van der Waals surface area contributed by atoms with E-state index in [-0.39, 0.29) is 5.82 Å². The topological polar surface area (TPSA) is 33.1 Å². The molecule has 0 aliphatic rings. The van der Waals surface area contributed by atoms with Crippen LogP contribution in [0.5, 0.6) is 0 Å². The van der Waals surface area contributed by atoms with Crippen molar-refractivity contribution in [1.82, 2.24) is 4.98 Å². The molecule has 0 saturated heterocycles. The van der Waals surface area contributed by atoms with Gasteiger partial charge in [0, 0.05) is 18.8 Å². The molecule has 1 aromatic carbocycles. The lowest BCUT2D eigenvalue weighted by Crippen LogP contribution is -2.28. The molecule has 4 heteroatoms. The molecule has 1 heterocycles. The van der Waals surface area contributed by atoms with E-state index in [1.165, 1.54) is 12.1 Å². The molecular formula is C15H15ClFNO. The number of nitrogens with zero attached hydrogens (tertiary/aromatic N) is 1. The van der Waals surface area contributed by atoms with Crippen molar-refractivity contribution in [2.24, 2.45) is 0 Å². The van der Waals surface area contributed by atoms with Gasteiger partial charge in [-0.05, 0) is 35.7 Å². The minimum Gasteiger partial charge on any atom is -0.385 e. The Morgan fingerprint density at radius 1 is 1.37 bits per heavy atom. The summed E-state index contributed by atoms with van der Waals surface area (Å²) < 4.78 is 13.3. The maximum absolute atomic E-state index is 13.3. The lowest BCUT2D eigenvalue weighted by atomic mass is 9.85. The lowest BCUT2D eigenvalue weighted by Gasteiger charge is -2.28. The summed E-state index contributed by atoms with van der Waals surface area (Å²) in [6, 6.07) is 7.81. The zero-order valence-electron chi connectivity index (χ0n) is 10.6. The van der Waals surface area contributed by atoms with Crippen LogP contribution in [0.4, 0.5) is 4.39 Å². The highest BCUT2D eigenvalue weighted by Gasteiger charge is 2.28. The van der Waals surface area contributed by atoms with Crippen LogP contribution in [0.1, 0.15) is 24.5 Å². The molecule has 0 fully saturated rings. The fourth-order valence-corrected chi connectivity index (χ4v) is 2.26. The fourth-order valence-electron chi connectivity index (χ4n) is 2.07. The third-order valence-corrected chi connectivity index (χ3v) is 3.63. The van der Waals surface area contributed by atoms with Crippen LogP contribution >= 0.6 is 11.6 Å². The molecule has 1 atom stereocenters. The second-order valence-electron chi connectivity index (χ2n) is 4.54. The number of pyridine rings is 1. The molecule has 1 aromatic heterocycles. The van der Waals surface area contributed by atoms with Crippen molar-refractivity contribution in [3.05, 3.63) is 64.7 Å². The van der Waals surface area contributed by atoms with Gasteiger partial charge in [-0.3, -0.25) is 4.98 Å². The number of benzene rings is 1. The van der Waals surface area contributed by atoms with Gasteiger partial charge in [-0.15, -0.1) is 0 Å². The molecule has 0 amide bonds. The van der Waals surface area contributed by atoms with Crippen molar-refractivity contribution >= 4 is 11.6 Å². The first kappa shape index (κ1) is 14.0. The van der Waals surface area contributed by atoms with Gasteiger partial charge in [-0.1, -0.05) is 30.7 Å². The van der Waals surface area contributed by atoms with E-state index in [0.29, 0.717) is 23.4 Å². The van der Waals surface area contributed by atoms with Gasteiger partial charge < -0.3 is 5.11 Å². The Morgan fingerprint density at radius 2 is 2.16 bits per heavy atom. The number of rotatable bonds is 4. The van der Waals surface area contributed by atoms with Gasteiger partial charge in [-0.25, -0.2) is 4.39 Å². The highest BCUT2D eigenvalue weighted by atomic mass is 35.5. The molecule has 2 rings (SSSR count). The van der Waals surface area contributed by atoms with Crippen molar-refractivity contribution in [3.8, 4) is 0 Å². The van der Waals surface area contributed by atoms with Crippen molar-refractivity contribution in [2.75, 3.05) is 0 Å². The van der Waals surface area contributed by atoms with Gasteiger partial charge in [0.1, 0.15) is 5.82 Å². The van der Waals surface area contributed by atoms with Crippen LogP contribution in [0.2, 0.25) is 5.02 Å². The van der Waals surface area contributed by atoms with Crippen LogP contribution in [0.15, 0.2) is 42.7 Å². The largest absolute Gasteiger partial charge is 0.385 e. The van der Waals surface area contributed by atoms with E-state index in [1.54, 1.807) is 30.6 Å². The predicted octanol–water partition coefficient (Wildman–Crippen LogP) is 3.71. The number of hydrogen-bond donors (Lipinski definition) is 1. The van der Waals surface area contributed by atoms with E-state index in [9.17, 15) is 9.50 Å². The first-order chi connectivity index (χ1) is 9.05. The Morgan fingerprint density at radius 3 is 2.79 bits per heavy atom. The first-order valence-electron chi connectivity index (χ1n) is 6.12. The third kappa shape index (κ3) is 3.11.